The lowest BCUT2D eigenvalue weighted by Crippen LogP contribution is -2.36. The maximum atomic E-state index is 13.8. The van der Waals surface area contributed by atoms with E-state index in [9.17, 15) is 33.1 Å². The van der Waals surface area contributed by atoms with Crippen LogP contribution >= 0.6 is 11.6 Å². The van der Waals surface area contributed by atoms with Crippen LogP contribution in [0.2, 0.25) is 5.02 Å². The lowest BCUT2D eigenvalue weighted by Gasteiger charge is -2.11. The van der Waals surface area contributed by atoms with Gasteiger partial charge < -0.3 is 15.2 Å². The van der Waals surface area contributed by atoms with Crippen molar-refractivity contribution in [1.82, 2.24) is 24.0 Å². The number of benzene rings is 2. The molecule has 0 amide bonds. The Bertz CT molecular complexity index is 1680. The molecular formula is C24H20ClF2N5O6. The van der Waals surface area contributed by atoms with E-state index in [-0.39, 0.29) is 47.2 Å². The minimum absolute atomic E-state index is 0.0327. The van der Waals surface area contributed by atoms with E-state index in [1.165, 1.54) is 25.2 Å². The van der Waals surface area contributed by atoms with E-state index in [2.05, 4.69) is 10.3 Å². The van der Waals surface area contributed by atoms with Crippen molar-refractivity contribution in [3.05, 3.63) is 91.3 Å². The molecule has 4 aromatic rings. The lowest BCUT2D eigenvalue weighted by atomic mass is 10.2. The number of aromatic nitrogens is 4. The number of nitrogens with zero attached hydrogens (tertiary/aromatic N) is 4. The van der Waals surface area contributed by atoms with Gasteiger partial charge in [-0.25, -0.2) is 27.7 Å². The summed E-state index contributed by atoms with van der Waals surface area (Å²) in [6.07, 6.45) is 1.14. The van der Waals surface area contributed by atoms with E-state index in [0.717, 1.165) is 21.5 Å². The molecule has 0 radical (unpaired) electrons. The molecule has 4 rings (SSSR count). The van der Waals surface area contributed by atoms with Crippen molar-refractivity contribution in [2.24, 2.45) is 0 Å². The van der Waals surface area contributed by atoms with Gasteiger partial charge in [-0.15, -0.1) is 0 Å². The van der Waals surface area contributed by atoms with Gasteiger partial charge in [-0.3, -0.25) is 19.0 Å². The van der Waals surface area contributed by atoms with E-state index >= 15 is 0 Å². The highest BCUT2D eigenvalue weighted by Gasteiger charge is 2.22. The standard InChI is InChI=1S/C24H20ClF2N5O6/c1-28-8-19(34)31-17-5-2-13(6-18(17)32(24(31)37)20(35)10-33)9-30-12-29-22(21(25)23(30)36)38-11-14-3-4-15(26)7-16(14)27/h2-7,12,28,33H,8-11H2,1H3. The molecule has 2 aromatic carbocycles. The quantitative estimate of drug-likeness (QED) is 0.338. The molecule has 2 aromatic heterocycles. The first-order valence-electron chi connectivity index (χ1n) is 11.1. The molecule has 0 spiro atoms. The van der Waals surface area contributed by atoms with Crippen LogP contribution in [0.3, 0.4) is 0 Å². The molecule has 0 aliphatic heterocycles. The predicted molar refractivity (Wildman–Crippen MR) is 132 cm³/mol. The zero-order valence-corrected chi connectivity index (χ0v) is 20.5. The predicted octanol–water partition coefficient (Wildman–Crippen LogP) is 1.41. The summed E-state index contributed by atoms with van der Waals surface area (Å²) in [5, 5.41) is 11.6. The summed E-state index contributed by atoms with van der Waals surface area (Å²) < 4.78 is 34.9. The number of hydrogen-bond donors (Lipinski definition) is 2. The van der Waals surface area contributed by atoms with Gasteiger partial charge in [0, 0.05) is 11.6 Å². The van der Waals surface area contributed by atoms with Crippen LogP contribution in [0.25, 0.3) is 11.0 Å². The van der Waals surface area contributed by atoms with E-state index in [1.54, 1.807) is 6.07 Å². The number of carbonyl (C=O) groups is 2. The number of aliphatic hydroxyl groups is 1. The van der Waals surface area contributed by atoms with Crippen LogP contribution < -0.4 is 21.3 Å². The van der Waals surface area contributed by atoms with Crippen molar-refractivity contribution in [2.45, 2.75) is 13.2 Å². The highest BCUT2D eigenvalue weighted by Crippen LogP contribution is 2.20. The number of likely N-dealkylation sites (N-methyl/N-ethyl adjacent to an activating group) is 1. The third-order valence-corrected chi connectivity index (χ3v) is 5.87. The Morgan fingerprint density at radius 3 is 2.50 bits per heavy atom. The Balaban J connectivity index is 1.65. The second kappa shape index (κ2) is 11.0. The first-order chi connectivity index (χ1) is 18.2. The van der Waals surface area contributed by atoms with Gasteiger partial charge in [-0.2, -0.15) is 0 Å². The smallest absolute Gasteiger partial charge is 0.342 e. The van der Waals surface area contributed by atoms with Crippen LogP contribution in [-0.4, -0.2) is 55.8 Å². The van der Waals surface area contributed by atoms with Gasteiger partial charge in [0.05, 0.1) is 24.1 Å². The SMILES string of the molecule is CNCC(=O)n1c(=O)n(C(=O)CO)c2cc(Cn3cnc(OCc4ccc(F)cc4F)c(Cl)c3=O)ccc21. The molecule has 0 fully saturated rings. The number of carbonyl (C=O) groups excluding carboxylic acids is 2. The number of ether oxygens (including phenoxy) is 1. The zero-order chi connectivity index (χ0) is 27.6. The number of imidazole rings is 1. The topological polar surface area (TPSA) is 137 Å². The highest BCUT2D eigenvalue weighted by atomic mass is 35.5. The molecule has 198 valence electrons. The Hall–Kier alpha value is -4.20. The number of rotatable bonds is 8. The van der Waals surface area contributed by atoms with E-state index in [0.29, 0.717) is 16.2 Å². The van der Waals surface area contributed by atoms with Gasteiger partial charge >= 0.3 is 5.69 Å². The number of halogens is 3. The molecule has 0 aliphatic carbocycles. The molecule has 0 aliphatic rings. The Kier molecular flexibility index (Phi) is 7.80. The van der Waals surface area contributed by atoms with Crippen LogP contribution in [0.5, 0.6) is 5.88 Å². The van der Waals surface area contributed by atoms with E-state index in [1.807, 2.05) is 0 Å². The number of aliphatic hydroxyl groups excluding tert-OH is 1. The molecule has 0 saturated carbocycles. The second-order valence-electron chi connectivity index (χ2n) is 8.07. The van der Waals surface area contributed by atoms with Crippen LogP contribution in [0.4, 0.5) is 8.78 Å². The molecule has 2 N–H and O–H groups in total. The normalized spacial score (nSPS) is 11.2. The zero-order valence-electron chi connectivity index (χ0n) is 19.8. The third-order valence-electron chi connectivity index (χ3n) is 5.55. The van der Waals surface area contributed by atoms with Crippen molar-refractivity contribution in [3.8, 4) is 5.88 Å². The van der Waals surface area contributed by atoms with Crippen molar-refractivity contribution < 1.29 is 28.2 Å². The monoisotopic (exact) mass is 547 g/mol. The first kappa shape index (κ1) is 26.9. The summed E-state index contributed by atoms with van der Waals surface area (Å²) in [5.74, 6) is -3.38. The molecule has 0 atom stereocenters. The summed E-state index contributed by atoms with van der Waals surface area (Å²) in [6, 6.07) is 7.35. The fourth-order valence-corrected chi connectivity index (χ4v) is 3.98. The fraction of sp³-hybridized carbons (Fsp3) is 0.208. The Labute approximate surface area is 217 Å². The maximum absolute atomic E-state index is 13.8. The summed E-state index contributed by atoms with van der Waals surface area (Å²) in [5.41, 5.74) is -0.951. The molecule has 2 heterocycles. The van der Waals surface area contributed by atoms with Crippen molar-refractivity contribution in [3.63, 3.8) is 0 Å². The first-order valence-corrected chi connectivity index (χ1v) is 11.4. The van der Waals surface area contributed by atoms with Crippen LogP contribution in [0, 0.1) is 11.6 Å². The number of nitrogens with one attached hydrogen (secondary N) is 1. The molecule has 0 saturated heterocycles. The third kappa shape index (κ3) is 5.11. The van der Waals surface area contributed by atoms with Crippen LogP contribution in [-0.2, 0) is 13.2 Å². The number of fused-ring (bicyclic) bond motifs is 1. The molecule has 11 nitrogen and oxygen atoms in total. The van der Waals surface area contributed by atoms with Crippen molar-refractivity contribution in [1.29, 1.82) is 0 Å². The van der Waals surface area contributed by atoms with E-state index < -0.39 is 41.3 Å². The summed E-state index contributed by atoms with van der Waals surface area (Å²) in [7, 11) is 1.52. The summed E-state index contributed by atoms with van der Waals surface area (Å²) >= 11 is 6.13. The van der Waals surface area contributed by atoms with Gasteiger partial charge in [0.15, 0.2) is 5.02 Å². The van der Waals surface area contributed by atoms with Crippen LogP contribution in [0.15, 0.2) is 52.3 Å². The number of hydrogen-bond acceptors (Lipinski definition) is 8. The van der Waals surface area contributed by atoms with E-state index in [4.69, 9.17) is 16.3 Å². The minimum Gasteiger partial charge on any atom is -0.471 e. The van der Waals surface area contributed by atoms with Gasteiger partial charge in [-0.1, -0.05) is 17.7 Å². The fourth-order valence-electron chi connectivity index (χ4n) is 3.77. The summed E-state index contributed by atoms with van der Waals surface area (Å²) in [6.45, 7) is -1.58. The Morgan fingerprint density at radius 2 is 1.82 bits per heavy atom. The van der Waals surface area contributed by atoms with Gasteiger partial charge in [0.25, 0.3) is 11.5 Å². The minimum atomic E-state index is -0.967. The second-order valence-corrected chi connectivity index (χ2v) is 8.45. The summed E-state index contributed by atoms with van der Waals surface area (Å²) in [4.78, 5) is 54.4. The molecule has 14 heteroatoms. The van der Waals surface area contributed by atoms with Crippen LogP contribution in [0.1, 0.15) is 20.7 Å². The molecule has 0 bridgehead atoms. The average molecular weight is 548 g/mol. The largest absolute Gasteiger partial charge is 0.471 e. The van der Waals surface area contributed by atoms with Crippen molar-refractivity contribution >= 4 is 34.4 Å². The molecule has 0 unspecified atom stereocenters. The van der Waals surface area contributed by atoms with Crippen molar-refractivity contribution in [2.75, 3.05) is 20.2 Å². The van der Waals surface area contributed by atoms with Gasteiger partial charge in [0.1, 0.15) is 31.2 Å². The average Bonchev–Trinajstić information content (AvgIpc) is 3.18. The molecular weight excluding hydrogens is 528 g/mol. The van der Waals surface area contributed by atoms with Gasteiger partial charge in [-0.05, 0) is 36.9 Å². The lowest BCUT2D eigenvalue weighted by molar-refractivity contribution is 0.0817. The highest BCUT2D eigenvalue weighted by molar-refractivity contribution is 6.31. The Morgan fingerprint density at radius 1 is 1.08 bits per heavy atom. The molecule has 38 heavy (non-hydrogen) atoms. The maximum Gasteiger partial charge on any atom is 0.342 e. The van der Waals surface area contributed by atoms with Gasteiger partial charge in [0.2, 0.25) is 11.8 Å².